The molecule has 3 rings (SSSR count). The summed E-state index contributed by atoms with van der Waals surface area (Å²) < 4.78 is 13.4. The number of rotatable bonds is 3. The fourth-order valence-corrected chi connectivity index (χ4v) is 3.63. The molecule has 0 radical (unpaired) electrons. The smallest absolute Gasteiger partial charge is 0.359 e. The molecule has 0 amide bonds. The van der Waals surface area contributed by atoms with Crippen molar-refractivity contribution in [2.45, 2.75) is 58.8 Å². The molecule has 1 aromatic heterocycles. The summed E-state index contributed by atoms with van der Waals surface area (Å²) in [6.45, 7) is 9.11. The molecule has 1 aromatic rings. The highest BCUT2D eigenvalue weighted by molar-refractivity contribution is 5.87. The Labute approximate surface area is 125 Å². The minimum Gasteiger partial charge on any atom is -0.457 e. The number of nitrogens with zero attached hydrogens (tertiary/aromatic N) is 2. The van der Waals surface area contributed by atoms with Gasteiger partial charge >= 0.3 is 5.97 Å². The predicted molar refractivity (Wildman–Crippen MR) is 78.1 cm³/mol. The maximum absolute atomic E-state index is 12.3. The average Bonchev–Trinajstić information content (AvgIpc) is 2.94. The summed E-state index contributed by atoms with van der Waals surface area (Å²) in [4.78, 5) is 12.3. The summed E-state index contributed by atoms with van der Waals surface area (Å²) in [6.07, 6.45) is 4.09. The molecule has 0 unspecified atom stereocenters. The Morgan fingerprint density at radius 2 is 2.29 bits per heavy atom. The molecule has 1 saturated heterocycles. The van der Waals surface area contributed by atoms with Gasteiger partial charge in [0, 0.05) is 30.2 Å². The van der Waals surface area contributed by atoms with Crippen molar-refractivity contribution >= 4 is 5.97 Å². The van der Waals surface area contributed by atoms with Crippen molar-refractivity contribution in [1.29, 1.82) is 0 Å². The SMILES string of the molecule is CC(C)n1ccc(C(=O)O[C@@H]2[C@H]3CCCO[C@H]3C2(C)C)n1. The van der Waals surface area contributed by atoms with Gasteiger partial charge in [0.25, 0.3) is 0 Å². The highest BCUT2D eigenvalue weighted by Crippen LogP contribution is 2.53. The standard InChI is InChI=1S/C16H24N2O3/c1-10(2)18-8-7-12(17-18)15(19)21-14-11-6-5-9-20-13(11)16(14,3)4/h7-8,10-11,13-14H,5-6,9H2,1-4H3/t11-,13+,14+/m0/s1. The maximum Gasteiger partial charge on any atom is 0.359 e. The summed E-state index contributed by atoms with van der Waals surface area (Å²) in [6, 6.07) is 1.96. The van der Waals surface area contributed by atoms with Crippen molar-refractivity contribution in [3.05, 3.63) is 18.0 Å². The van der Waals surface area contributed by atoms with Crippen LogP contribution in [-0.4, -0.2) is 34.6 Å². The second-order valence-electron chi connectivity index (χ2n) is 7.02. The summed E-state index contributed by atoms with van der Waals surface area (Å²) >= 11 is 0. The molecule has 0 spiro atoms. The van der Waals surface area contributed by atoms with Gasteiger partial charge in [-0.25, -0.2) is 4.79 Å². The molecular formula is C16H24N2O3. The number of ether oxygens (including phenoxy) is 2. The summed E-state index contributed by atoms with van der Waals surface area (Å²) in [7, 11) is 0. The van der Waals surface area contributed by atoms with Crippen LogP contribution >= 0.6 is 0 Å². The minimum atomic E-state index is -0.323. The zero-order chi connectivity index (χ0) is 15.2. The molecule has 3 atom stereocenters. The summed E-state index contributed by atoms with van der Waals surface area (Å²) in [5.74, 6) is 0.0152. The average molecular weight is 292 g/mol. The largest absolute Gasteiger partial charge is 0.457 e. The second kappa shape index (κ2) is 5.13. The first-order chi connectivity index (χ1) is 9.91. The lowest BCUT2D eigenvalue weighted by Crippen LogP contribution is -2.65. The molecule has 5 nitrogen and oxygen atoms in total. The first-order valence-electron chi connectivity index (χ1n) is 7.79. The van der Waals surface area contributed by atoms with Gasteiger partial charge in [-0.3, -0.25) is 4.68 Å². The Morgan fingerprint density at radius 3 is 2.95 bits per heavy atom. The van der Waals surface area contributed by atoms with Gasteiger partial charge in [0.2, 0.25) is 0 Å². The third kappa shape index (κ3) is 2.37. The molecule has 2 fully saturated rings. The molecule has 0 bridgehead atoms. The van der Waals surface area contributed by atoms with E-state index in [-0.39, 0.29) is 29.6 Å². The highest BCUT2D eigenvalue weighted by Gasteiger charge is 2.60. The van der Waals surface area contributed by atoms with E-state index in [9.17, 15) is 4.79 Å². The number of aromatic nitrogens is 2. The number of carbonyl (C=O) groups excluding carboxylic acids is 1. The van der Waals surface area contributed by atoms with E-state index in [2.05, 4.69) is 18.9 Å². The minimum absolute atomic E-state index is 0.0699. The van der Waals surface area contributed by atoms with Gasteiger partial charge in [0.1, 0.15) is 6.10 Å². The first kappa shape index (κ1) is 14.6. The molecule has 21 heavy (non-hydrogen) atoms. The molecule has 116 valence electrons. The fraction of sp³-hybridized carbons (Fsp3) is 0.750. The van der Waals surface area contributed by atoms with Gasteiger partial charge in [0.15, 0.2) is 5.69 Å². The van der Waals surface area contributed by atoms with Gasteiger partial charge in [-0.15, -0.1) is 0 Å². The van der Waals surface area contributed by atoms with Crippen LogP contribution in [0.3, 0.4) is 0 Å². The number of esters is 1. The molecule has 5 heteroatoms. The maximum atomic E-state index is 12.3. The molecule has 0 N–H and O–H groups in total. The monoisotopic (exact) mass is 292 g/mol. The van der Waals surface area contributed by atoms with Crippen LogP contribution in [0.2, 0.25) is 0 Å². The van der Waals surface area contributed by atoms with Crippen LogP contribution in [0.5, 0.6) is 0 Å². The van der Waals surface area contributed by atoms with Crippen molar-refractivity contribution in [3.8, 4) is 0 Å². The van der Waals surface area contributed by atoms with Crippen molar-refractivity contribution in [1.82, 2.24) is 9.78 Å². The lowest BCUT2D eigenvalue weighted by Gasteiger charge is -2.58. The predicted octanol–water partition coefficient (Wildman–Crippen LogP) is 2.82. The molecule has 1 aliphatic carbocycles. The van der Waals surface area contributed by atoms with Crippen LogP contribution in [0.1, 0.15) is 57.1 Å². The Bertz CT molecular complexity index is 535. The van der Waals surface area contributed by atoms with Gasteiger partial charge in [-0.1, -0.05) is 13.8 Å². The summed E-state index contributed by atoms with van der Waals surface area (Å²) in [5, 5.41) is 4.28. The van der Waals surface area contributed by atoms with Crippen molar-refractivity contribution in [2.75, 3.05) is 6.61 Å². The number of hydrogen-bond donors (Lipinski definition) is 0. The molecule has 2 aliphatic rings. The van der Waals surface area contributed by atoms with E-state index in [0.29, 0.717) is 11.6 Å². The van der Waals surface area contributed by atoms with E-state index in [1.807, 2.05) is 20.0 Å². The van der Waals surface area contributed by atoms with Crippen LogP contribution in [0.15, 0.2) is 12.3 Å². The van der Waals surface area contributed by atoms with Gasteiger partial charge in [0.05, 0.1) is 6.10 Å². The number of carbonyl (C=O) groups is 1. The van der Waals surface area contributed by atoms with Gasteiger partial charge in [-0.05, 0) is 32.8 Å². The fourth-order valence-electron chi connectivity index (χ4n) is 3.63. The first-order valence-corrected chi connectivity index (χ1v) is 7.79. The Morgan fingerprint density at radius 1 is 1.52 bits per heavy atom. The van der Waals surface area contributed by atoms with Gasteiger partial charge in [-0.2, -0.15) is 5.10 Å². The Balaban J connectivity index is 1.69. The summed E-state index contributed by atoms with van der Waals surface area (Å²) in [5.41, 5.74) is 0.279. The van der Waals surface area contributed by atoms with E-state index in [4.69, 9.17) is 9.47 Å². The van der Waals surface area contributed by atoms with E-state index >= 15 is 0 Å². The van der Waals surface area contributed by atoms with E-state index in [0.717, 1.165) is 19.4 Å². The molecule has 0 aromatic carbocycles. The van der Waals surface area contributed by atoms with E-state index in [1.165, 1.54) is 0 Å². The third-order valence-corrected chi connectivity index (χ3v) is 4.80. The Hall–Kier alpha value is -1.36. The van der Waals surface area contributed by atoms with Crippen LogP contribution in [-0.2, 0) is 9.47 Å². The normalized spacial score (nSPS) is 30.6. The topological polar surface area (TPSA) is 53.4 Å². The molecule has 2 heterocycles. The van der Waals surface area contributed by atoms with Crippen LogP contribution in [0, 0.1) is 11.3 Å². The van der Waals surface area contributed by atoms with E-state index in [1.54, 1.807) is 10.7 Å². The van der Waals surface area contributed by atoms with Crippen molar-refractivity contribution in [3.63, 3.8) is 0 Å². The van der Waals surface area contributed by atoms with Crippen LogP contribution in [0.4, 0.5) is 0 Å². The van der Waals surface area contributed by atoms with Crippen LogP contribution in [0.25, 0.3) is 0 Å². The highest BCUT2D eigenvalue weighted by atomic mass is 16.6. The quantitative estimate of drug-likeness (QED) is 0.804. The second-order valence-corrected chi connectivity index (χ2v) is 7.02. The van der Waals surface area contributed by atoms with Crippen molar-refractivity contribution in [2.24, 2.45) is 11.3 Å². The molecule has 1 aliphatic heterocycles. The van der Waals surface area contributed by atoms with E-state index < -0.39 is 0 Å². The third-order valence-electron chi connectivity index (χ3n) is 4.80. The number of hydrogen-bond acceptors (Lipinski definition) is 4. The van der Waals surface area contributed by atoms with Crippen LogP contribution < -0.4 is 0 Å². The molecule has 1 saturated carbocycles. The molecular weight excluding hydrogens is 268 g/mol. The number of fused-ring (bicyclic) bond motifs is 1. The Kier molecular flexibility index (Phi) is 3.56. The lowest BCUT2D eigenvalue weighted by atomic mass is 9.57. The zero-order valence-electron chi connectivity index (χ0n) is 13.2. The van der Waals surface area contributed by atoms with Gasteiger partial charge < -0.3 is 9.47 Å². The zero-order valence-corrected chi connectivity index (χ0v) is 13.2. The lowest BCUT2D eigenvalue weighted by molar-refractivity contribution is -0.243. The van der Waals surface area contributed by atoms with Crippen molar-refractivity contribution < 1.29 is 14.3 Å².